The van der Waals surface area contributed by atoms with Crippen LogP contribution in [0.5, 0.6) is 0 Å². The van der Waals surface area contributed by atoms with Gasteiger partial charge in [-0.3, -0.25) is 4.57 Å². The number of piperidine rings is 1. The third-order valence-corrected chi connectivity index (χ3v) is 7.98. The van der Waals surface area contributed by atoms with Crippen molar-refractivity contribution in [2.45, 2.75) is 44.7 Å². The summed E-state index contributed by atoms with van der Waals surface area (Å²) >= 11 is 0. The highest BCUT2D eigenvalue weighted by Gasteiger charge is 2.28. The van der Waals surface area contributed by atoms with Crippen LogP contribution in [0, 0.1) is 5.92 Å². The Kier molecular flexibility index (Phi) is 7.76. The van der Waals surface area contributed by atoms with Crippen molar-refractivity contribution < 1.29 is 4.79 Å². The lowest BCUT2D eigenvalue weighted by Gasteiger charge is -2.36. The van der Waals surface area contributed by atoms with Crippen LogP contribution in [-0.4, -0.2) is 68.7 Å². The van der Waals surface area contributed by atoms with E-state index in [2.05, 4.69) is 56.4 Å². The topological polar surface area (TPSA) is 112 Å². The van der Waals surface area contributed by atoms with Gasteiger partial charge in [-0.05, 0) is 81.5 Å². The fourth-order valence-corrected chi connectivity index (χ4v) is 5.68. The van der Waals surface area contributed by atoms with Gasteiger partial charge in [-0.25, -0.2) is 14.8 Å². The number of imidazole rings is 1. The lowest BCUT2D eigenvalue weighted by Crippen LogP contribution is -2.46. The summed E-state index contributed by atoms with van der Waals surface area (Å²) in [4.78, 5) is 28.7. The largest absolute Gasteiger partial charge is 0.383 e. The number of benzene rings is 2. The van der Waals surface area contributed by atoms with Crippen LogP contribution in [0.3, 0.4) is 0 Å². The SMILES string of the molecule is CC(Nc1nccc(-n2cnc3cc(NCC4CCCN4)ccc32)n1)C1CCCN(C(=O)Nc2ccccc2)C1. The number of para-hydroxylation sites is 1. The van der Waals surface area contributed by atoms with E-state index in [0.29, 0.717) is 24.5 Å². The van der Waals surface area contributed by atoms with Crippen LogP contribution >= 0.6 is 0 Å². The Labute approximate surface area is 234 Å². The highest BCUT2D eigenvalue weighted by atomic mass is 16.2. The molecule has 2 aromatic heterocycles. The molecule has 10 nitrogen and oxygen atoms in total. The van der Waals surface area contributed by atoms with Crippen molar-refractivity contribution in [3.63, 3.8) is 0 Å². The number of fused-ring (bicyclic) bond motifs is 1. The number of anilines is 3. The van der Waals surface area contributed by atoms with Crippen molar-refractivity contribution in [1.29, 1.82) is 0 Å². The highest BCUT2D eigenvalue weighted by Crippen LogP contribution is 2.24. The molecule has 208 valence electrons. The van der Waals surface area contributed by atoms with Gasteiger partial charge >= 0.3 is 6.03 Å². The Bertz CT molecular complexity index is 1430. The van der Waals surface area contributed by atoms with Gasteiger partial charge in [-0.1, -0.05) is 18.2 Å². The number of aromatic nitrogens is 4. The molecule has 6 rings (SSSR count). The first kappa shape index (κ1) is 26.1. The fourth-order valence-electron chi connectivity index (χ4n) is 5.68. The molecule has 4 heterocycles. The minimum Gasteiger partial charge on any atom is -0.383 e. The lowest BCUT2D eigenvalue weighted by molar-refractivity contribution is 0.172. The molecule has 4 aromatic rings. The summed E-state index contributed by atoms with van der Waals surface area (Å²) in [6.07, 6.45) is 8.06. The number of nitrogens with one attached hydrogen (secondary N) is 4. The zero-order valence-electron chi connectivity index (χ0n) is 22.9. The Morgan fingerprint density at radius 2 is 1.98 bits per heavy atom. The monoisotopic (exact) mass is 539 g/mol. The lowest BCUT2D eigenvalue weighted by atomic mass is 9.92. The maximum absolute atomic E-state index is 12.8. The molecule has 3 unspecified atom stereocenters. The summed E-state index contributed by atoms with van der Waals surface area (Å²) in [5.74, 6) is 1.62. The van der Waals surface area contributed by atoms with Gasteiger partial charge in [0.25, 0.3) is 0 Å². The summed E-state index contributed by atoms with van der Waals surface area (Å²) in [5.41, 5.74) is 3.80. The fraction of sp³-hybridized carbons (Fsp3) is 0.400. The van der Waals surface area contributed by atoms with E-state index in [-0.39, 0.29) is 12.1 Å². The van der Waals surface area contributed by atoms with Gasteiger partial charge in [0.2, 0.25) is 5.95 Å². The number of rotatable bonds is 8. The second-order valence-electron chi connectivity index (χ2n) is 10.8. The first-order valence-corrected chi connectivity index (χ1v) is 14.3. The van der Waals surface area contributed by atoms with Crippen LogP contribution < -0.4 is 21.3 Å². The van der Waals surface area contributed by atoms with E-state index in [4.69, 9.17) is 4.98 Å². The van der Waals surface area contributed by atoms with E-state index in [1.165, 1.54) is 12.8 Å². The molecule has 0 saturated carbocycles. The molecular weight excluding hydrogens is 502 g/mol. The Balaban J connectivity index is 1.09. The Morgan fingerprint density at radius 1 is 1.07 bits per heavy atom. The van der Waals surface area contributed by atoms with Gasteiger partial charge in [0.1, 0.15) is 12.1 Å². The van der Waals surface area contributed by atoms with Crippen LogP contribution in [0.2, 0.25) is 0 Å². The predicted molar refractivity (Wildman–Crippen MR) is 159 cm³/mol. The van der Waals surface area contributed by atoms with E-state index < -0.39 is 0 Å². The summed E-state index contributed by atoms with van der Waals surface area (Å²) in [6.45, 7) is 5.61. The highest BCUT2D eigenvalue weighted by molar-refractivity contribution is 5.89. The maximum Gasteiger partial charge on any atom is 0.321 e. The summed E-state index contributed by atoms with van der Waals surface area (Å²) < 4.78 is 1.99. The quantitative estimate of drug-likeness (QED) is 0.256. The summed E-state index contributed by atoms with van der Waals surface area (Å²) in [5, 5.41) is 13.6. The molecule has 40 heavy (non-hydrogen) atoms. The van der Waals surface area contributed by atoms with Crippen molar-refractivity contribution in [3.05, 3.63) is 67.1 Å². The van der Waals surface area contributed by atoms with Gasteiger partial charge in [0.15, 0.2) is 0 Å². The minimum atomic E-state index is -0.0538. The predicted octanol–water partition coefficient (Wildman–Crippen LogP) is 4.72. The average Bonchev–Trinajstić information content (AvgIpc) is 3.67. The zero-order chi connectivity index (χ0) is 27.3. The minimum absolute atomic E-state index is 0.0538. The smallest absolute Gasteiger partial charge is 0.321 e. The first-order valence-electron chi connectivity index (χ1n) is 14.3. The molecule has 2 amide bonds. The van der Waals surface area contributed by atoms with E-state index in [1.54, 1.807) is 6.20 Å². The van der Waals surface area contributed by atoms with Crippen LogP contribution in [0.15, 0.2) is 67.1 Å². The van der Waals surface area contributed by atoms with Gasteiger partial charge < -0.3 is 26.2 Å². The van der Waals surface area contributed by atoms with Crippen LogP contribution in [0.25, 0.3) is 16.9 Å². The number of likely N-dealkylation sites (tertiary alicyclic amines) is 1. The number of hydrogen-bond donors (Lipinski definition) is 4. The third-order valence-electron chi connectivity index (χ3n) is 7.98. The molecule has 2 saturated heterocycles. The standard InChI is InChI=1S/C30H37N9O/c1-21(22-7-6-16-38(19-22)30(40)36-23-8-3-2-4-9-23)35-29-32-15-13-28(37-29)39-20-34-26-17-24(11-12-27(26)39)33-18-25-10-5-14-31-25/h2-4,8-9,11-13,15,17,20-22,25,31,33H,5-7,10,14,16,18-19H2,1H3,(H,36,40)(H,32,35,37). The van der Waals surface area contributed by atoms with Gasteiger partial charge in [0.05, 0.1) is 11.0 Å². The molecule has 2 aliphatic heterocycles. The Hall–Kier alpha value is -4.18. The maximum atomic E-state index is 12.8. The molecular formula is C30H37N9O. The second-order valence-corrected chi connectivity index (χ2v) is 10.8. The van der Waals surface area contributed by atoms with E-state index >= 15 is 0 Å². The van der Waals surface area contributed by atoms with Crippen molar-refractivity contribution >= 4 is 34.4 Å². The van der Waals surface area contributed by atoms with Crippen LogP contribution in [0.1, 0.15) is 32.6 Å². The number of carbonyl (C=O) groups is 1. The van der Waals surface area contributed by atoms with E-state index in [9.17, 15) is 4.79 Å². The number of nitrogens with zero attached hydrogens (tertiary/aromatic N) is 5. The molecule has 0 spiro atoms. The molecule has 2 aromatic carbocycles. The van der Waals surface area contributed by atoms with Gasteiger partial charge in [0, 0.05) is 49.3 Å². The normalized spacial score (nSPS) is 19.9. The zero-order valence-corrected chi connectivity index (χ0v) is 22.9. The third kappa shape index (κ3) is 6.02. The van der Waals surface area contributed by atoms with E-state index in [0.717, 1.165) is 60.7 Å². The molecule has 0 aliphatic carbocycles. The van der Waals surface area contributed by atoms with E-state index in [1.807, 2.05) is 52.2 Å². The van der Waals surface area contributed by atoms with Crippen LogP contribution in [0.4, 0.5) is 22.1 Å². The first-order chi connectivity index (χ1) is 19.6. The number of amides is 2. The second kappa shape index (κ2) is 11.9. The average molecular weight is 540 g/mol. The summed E-state index contributed by atoms with van der Waals surface area (Å²) in [7, 11) is 0. The Morgan fingerprint density at radius 3 is 2.83 bits per heavy atom. The molecule has 2 fully saturated rings. The molecule has 0 bridgehead atoms. The summed E-state index contributed by atoms with van der Waals surface area (Å²) in [6, 6.07) is 18.3. The van der Waals surface area contributed by atoms with Gasteiger partial charge in [-0.15, -0.1) is 0 Å². The number of urea groups is 1. The molecule has 3 atom stereocenters. The number of carbonyl (C=O) groups excluding carboxylic acids is 1. The molecule has 2 aliphatic rings. The molecule has 10 heteroatoms. The molecule has 4 N–H and O–H groups in total. The number of hydrogen-bond acceptors (Lipinski definition) is 7. The van der Waals surface area contributed by atoms with Crippen molar-refractivity contribution in [3.8, 4) is 5.82 Å². The van der Waals surface area contributed by atoms with Crippen molar-refractivity contribution in [2.24, 2.45) is 5.92 Å². The van der Waals surface area contributed by atoms with Crippen molar-refractivity contribution in [1.82, 2.24) is 29.7 Å². The molecule has 0 radical (unpaired) electrons. The van der Waals surface area contributed by atoms with Crippen LogP contribution in [-0.2, 0) is 0 Å². The van der Waals surface area contributed by atoms with Crippen molar-refractivity contribution in [2.75, 3.05) is 42.1 Å². The van der Waals surface area contributed by atoms with Gasteiger partial charge in [-0.2, -0.15) is 4.98 Å².